The molecule has 1 unspecified atom stereocenters. The molecule has 0 bridgehead atoms. The number of alkyl carbamates (subject to hydrolysis) is 1. The van der Waals surface area contributed by atoms with E-state index in [0.29, 0.717) is 11.4 Å². The van der Waals surface area contributed by atoms with Crippen molar-refractivity contribution in [2.24, 2.45) is 5.41 Å². The number of amides is 2. The number of nitrogens with zero attached hydrogens (tertiary/aromatic N) is 2. The number of hydrogen-bond acceptors (Lipinski definition) is 6. The van der Waals surface area contributed by atoms with Crippen molar-refractivity contribution in [2.75, 3.05) is 6.54 Å². The maximum absolute atomic E-state index is 13.6. The highest BCUT2D eigenvalue weighted by Gasteiger charge is 2.46. The number of hydrogen-bond donors (Lipinski definition) is 2. The van der Waals surface area contributed by atoms with Crippen molar-refractivity contribution in [3.05, 3.63) is 47.6 Å². The summed E-state index contributed by atoms with van der Waals surface area (Å²) in [5.74, 6) is -1.25. The maximum atomic E-state index is 13.6. The van der Waals surface area contributed by atoms with Crippen LogP contribution >= 0.6 is 11.6 Å². The van der Waals surface area contributed by atoms with Crippen LogP contribution in [0.25, 0.3) is 11.3 Å². The van der Waals surface area contributed by atoms with E-state index in [-0.39, 0.29) is 18.1 Å². The van der Waals surface area contributed by atoms with Gasteiger partial charge in [0, 0.05) is 24.1 Å². The molecular weight excluding hydrogens is 498 g/mol. The number of aromatic nitrogens is 1. The van der Waals surface area contributed by atoms with Crippen molar-refractivity contribution in [3.8, 4) is 17.0 Å². The molecule has 0 radical (unpaired) electrons. The highest BCUT2D eigenvalue weighted by Crippen LogP contribution is 2.31. The van der Waals surface area contributed by atoms with Gasteiger partial charge >= 0.3 is 12.1 Å². The maximum Gasteiger partial charge on any atom is 0.408 e. The van der Waals surface area contributed by atoms with Crippen LogP contribution < -0.4 is 10.1 Å². The normalized spacial score (nSPS) is 18.7. The Hall–Kier alpha value is -3.33. The van der Waals surface area contributed by atoms with Crippen LogP contribution in [-0.2, 0) is 14.3 Å². The third-order valence-corrected chi connectivity index (χ3v) is 5.94. The zero-order valence-corrected chi connectivity index (χ0v) is 22.7. The second-order valence-electron chi connectivity index (χ2n) is 11.1. The van der Waals surface area contributed by atoms with Gasteiger partial charge in [-0.2, -0.15) is 0 Å². The number of ether oxygens (including phenoxy) is 2. The molecule has 1 saturated heterocycles. The predicted molar refractivity (Wildman–Crippen MR) is 139 cm³/mol. The number of carboxylic acids is 1. The number of benzene rings is 1. The summed E-state index contributed by atoms with van der Waals surface area (Å²) in [6.45, 7) is 10.6. The summed E-state index contributed by atoms with van der Waals surface area (Å²) >= 11 is 6.23. The van der Waals surface area contributed by atoms with Gasteiger partial charge in [0.25, 0.3) is 0 Å². The van der Waals surface area contributed by atoms with Gasteiger partial charge in [-0.25, -0.2) is 14.6 Å². The van der Waals surface area contributed by atoms with E-state index >= 15 is 0 Å². The Bertz CT molecular complexity index is 1140. The fourth-order valence-corrected chi connectivity index (χ4v) is 4.29. The van der Waals surface area contributed by atoms with Crippen LogP contribution in [0.5, 0.6) is 5.75 Å². The molecule has 2 heterocycles. The number of halogens is 1. The first kappa shape index (κ1) is 28.2. The van der Waals surface area contributed by atoms with E-state index in [4.69, 9.17) is 21.1 Å². The summed E-state index contributed by atoms with van der Waals surface area (Å²) < 4.78 is 11.4. The summed E-state index contributed by atoms with van der Waals surface area (Å²) in [6, 6.07) is 10.6. The van der Waals surface area contributed by atoms with Gasteiger partial charge in [-0.1, -0.05) is 62.7 Å². The minimum absolute atomic E-state index is 0.0268. The van der Waals surface area contributed by atoms with E-state index in [1.54, 1.807) is 53.7 Å². The lowest BCUT2D eigenvalue weighted by atomic mass is 9.85. The molecule has 1 aromatic heterocycles. The Morgan fingerprint density at radius 3 is 2.32 bits per heavy atom. The van der Waals surface area contributed by atoms with E-state index in [1.807, 2.05) is 30.3 Å². The molecule has 1 aliphatic heterocycles. The molecule has 0 saturated carbocycles. The summed E-state index contributed by atoms with van der Waals surface area (Å²) in [4.78, 5) is 43.8. The molecule has 0 spiro atoms. The Morgan fingerprint density at radius 2 is 1.76 bits per heavy atom. The van der Waals surface area contributed by atoms with Crippen molar-refractivity contribution >= 4 is 29.6 Å². The van der Waals surface area contributed by atoms with Crippen LogP contribution in [0.2, 0.25) is 5.15 Å². The first-order chi connectivity index (χ1) is 17.1. The van der Waals surface area contributed by atoms with Crippen molar-refractivity contribution in [1.82, 2.24) is 15.2 Å². The molecule has 1 aromatic carbocycles. The van der Waals surface area contributed by atoms with Crippen molar-refractivity contribution in [1.29, 1.82) is 0 Å². The van der Waals surface area contributed by atoms with Gasteiger partial charge in [0.1, 0.15) is 34.7 Å². The van der Waals surface area contributed by atoms with Crippen LogP contribution in [0, 0.1) is 5.41 Å². The number of aliphatic carboxylic acids is 1. The average molecular weight is 532 g/mol. The lowest BCUT2D eigenvalue weighted by molar-refractivity contribution is -0.150. The van der Waals surface area contributed by atoms with E-state index in [2.05, 4.69) is 10.3 Å². The number of carbonyl (C=O) groups excluding carboxylic acids is 2. The molecule has 10 heteroatoms. The van der Waals surface area contributed by atoms with E-state index in [1.165, 1.54) is 4.90 Å². The van der Waals surface area contributed by atoms with Gasteiger partial charge in [-0.3, -0.25) is 4.79 Å². The van der Waals surface area contributed by atoms with Crippen molar-refractivity contribution < 1.29 is 29.0 Å². The molecule has 200 valence electrons. The number of likely N-dealkylation sites (tertiary alicyclic amines) is 1. The zero-order valence-electron chi connectivity index (χ0n) is 21.9. The average Bonchev–Trinajstić information content (AvgIpc) is 3.19. The number of carbonyl (C=O) groups is 3. The standard InChI is InChI=1S/C27H34ClN3O6/c1-26(2,3)22(30-25(35)37-27(4,5)6)23(32)31-15-18(13-20(31)24(33)34)36-17-12-19(29-21(28)14-17)16-10-8-7-9-11-16/h7-12,14,18,20,22H,13,15H2,1-6H3,(H,30,35)(H,33,34)/t18-,20+,22?/m1/s1. The molecule has 3 atom stereocenters. The second kappa shape index (κ2) is 11.0. The molecule has 1 aliphatic rings. The summed E-state index contributed by atoms with van der Waals surface area (Å²) in [6.07, 6.45) is -1.28. The zero-order chi connectivity index (χ0) is 27.5. The highest BCUT2D eigenvalue weighted by atomic mass is 35.5. The van der Waals surface area contributed by atoms with Gasteiger partial charge in [0.05, 0.1) is 12.2 Å². The first-order valence-electron chi connectivity index (χ1n) is 12.1. The van der Waals surface area contributed by atoms with Crippen LogP contribution in [0.4, 0.5) is 4.79 Å². The molecule has 37 heavy (non-hydrogen) atoms. The fraction of sp³-hybridized carbons (Fsp3) is 0.481. The van der Waals surface area contributed by atoms with E-state index in [0.717, 1.165) is 5.56 Å². The van der Waals surface area contributed by atoms with Crippen LogP contribution in [-0.4, -0.2) is 63.3 Å². The van der Waals surface area contributed by atoms with Crippen LogP contribution in [0.1, 0.15) is 48.0 Å². The third-order valence-electron chi connectivity index (χ3n) is 5.74. The molecule has 1 fully saturated rings. The molecular formula is C27H34ClN3O6. The molecule has 3 rings (SSSR count). The molecule has 2 N–H and O–H groups in total. The van der Waals surface area contributed by atoms with Crippen molar-refractivity contribution in [2.45, 2.75) is 71.8 Å². The lowest BCUT2D eigenvalue weighted by Crippen LogP contribution is -2.57. The smallest absolute Gasteiger partial charge is 0.408 e. The number of rotatable bonds is 6. The van der Waals surface area contributed by atoms with Gasteiger partial charge in [0.15, 0.2) is 0 Å². The SMILES string of the molecule is CC(C)(C)OC(=O)NC(C(=O)N1C[C@H](Oc2cc(Cl)nc(-c3ccccc3)c2)C[C@H]1C(=O)O)C(C)(C)C. The monoisotopic (exact) mass is 531 g/mol. The fourth-order valence-electron chi connectivity index (χ4n) is 4.09. The van der Waals surface area contributed by atoms with Crippen LogP contribution in [0.3, 0.4) is 0 Å². The first-order valence-corrected chi connectivity index (χ1v) is 12.4. The lowest BCUT2D eigenvalue weighted by Gasteiger charge is -2.35. The van der Waals surface area contributed by atoms with E-state index in [9.17, 15) is 19.5 Å². The summed E-state index contributed by atoms with van der Waals surface area (Å²) in [7, 11) is 0. The number of pyridine rings is 1. The second-order valence-corrected chi connectivity index (χ2v) is 11.5. The Morgan fingerprint density at radius 1 is 1.11 bits per heavy atom. The topological polar surface area (TPSA) is 118 Å². The quantitative estimate of drug-likeness (QED) is 0.515. The summed E-state index contributed by atoms with van der Waals surface area (Å²) in [5.41, 5.74) is -0.00378. The Labute approximate surface area is 222 Å². The Kier molecular flexibility index (Phi) is 8.37. The molecule has 9 nitrogen and oxygen atoms in total. The van der Waals surface area contributed by atoms with Gasteiger partial charge < -0.3 is 24.8 Å². The van der Waals surface area contributed by atoms with Crippen LogP contribution in [0.15, 0.2) is 42.5 Å². The third kappa shape index (κ3) is 7.58. The molecule has 2 amide bonds. The van der Waals surface area contributed by atoms with Crippen molar-refractivity contribution in [3.63, 3.8) is 0 Å². The number of nitrogens with one attached hydrogen (secondary N) is 1. The largest absolute Gasteiger partial charge is 0.488 e. The predicted octanol–water partition coefficient (Wildman–Crippen LogP) is 4.77. The van der Waals surface area contributed by atoms with Gasteiger partial charge in [-0.05, 0) is 26.2 Å². The van der Waals surface area contributed by atoms with E-state index < -0.39 is 47.2 Å². The van der Waals surface area contributed by atoms with Gasteiger partial charge in [-0.15, -0.1) is 0 Å². The van der Waals surface area contributed by atoms with Gasteiger partial charge in [0.2, 0.25) is 5.91 Å². The minimum Gasteiger partial charge on any atom is -0.488 e. The number of carboxylic acid groups (broad SMARTS) is 1. The molecule has 2 aromatic rings. The molecule has 0 aliphatic carbocycles. The summed E-state index contributed by atoms with van der Waals surface area (Å²) in [5, 5.41) is 12.7. The highest BCUT2D eigenvalue weighted by molar-refractivity contribution is 6.29. The Balaban J connectivity index is 1.81. The minimum atomic E-state index is -1.15.